The van der Waals surface area contributed by atoms with Crippen LogP contribution in [0.4, 0.5) is 11.4 Å². The largest absolute Gasteiger partial charge is 0.497 e. The summed E-state index contributed by atoms with van der Waals surface area (Å²) in [5.74, 6) is 0.434. The van der Waals surface area contributed by atoms with Gasteiger partial charge in [-0.3, -0.25) is 9.59 Å². The van der Waals surface area contributed by atoms with Crippen molar-refractivity contribution in [2.45, 2.75) is 20.8 Å². The Morgan fingerprint density at radius 3 is 2.12 bits per heavy atom. The molecular weight excluding hydrogens is 416 g/mol. The first kappa shape index (κ1) is 22.1. The Balaban J connectivity index is 1.85. The minimum Gasteiger partial charge on any atom is -0.497 e. The van der Waals surface area contributed by atoms with E-state index in [2.05, 4.69) is 5.32 Å². The van der Waals surface area contributed by atoms with Crippen LogP contribution < -0.4 is 19.7 Å². The van der Waals surface area contributed by atoms with Gasteiger partial charge in [-0.2, -0.15) is 0 Å². The zero-order chi connectivity index (χ0) is 23.7. The molecule has 6 nitrogen and oxygen atoms in total. The summed E-state index contributed by atoms with van der Waals surface area (Å²) >= 11 is 0. The molecule has 0 saturated heterocycles. The normalized spacial score (nSPS) is 13.5. The fraction of sp³-hybridized carbons (Fsp3) is 0.185. The van der Waals surface area contributed by atoms with Gasteiger partial charge in [0.05, 0.1) is 31.2 Å². The molecule has 0 radical (unpaired) electrons. The molecule has 1 heterocycles. The van der Waals surface area contributed by atoms with Crippen molar-refractivity contribution in [3.8, 4) is 11.5 Å². The molecule has 0 aliphatic carbocycles. The summed E-state index contributed by atoms with van der Waals surface area (Å²) in [5.41, 5.74) is 5.35. The van der Waals surface area contributed by atoms with E-state index in [1.54, 1.807) is 44.6 Å². The molecule has 0 atom stereocenters. The van der Waals surface area contributed by atoms with Crippen molar-refractivity contribution in [1.82, 2.24) is 0 Å². The van der Waals surface area contributed by atoms with E-state index in [-0.39, 0.29) is 11.6 Å². The minimum atomic E-state index is -0.419. The third-order valence-corrected chi connectivity index (χ3v) is 5.83. The monoisotopic (exact) mass is 442 g/mol. The van der Waals surface area contributed by atoms with Gasteiger partial charge in [0, 0.05) is 0 Å². The van der Waals surface area contributed by atoms with Gasteiger partial charge in [-0.1, -0.05) is 24.3 Å². The molecule has 1 aliphatic rings. The summed E-state index contributed by atoms with van der Waals surface area (Å²) in [6.45, 7) is 5.90. The number of hydrogen-bond donors (Lipinski definition) is 1. The van der Waals surface area contributed by atoms with E-state index in [9.17, 15) is 9.59 Å². The number of nitrogens with one attached hydrogen (secondary N) is 1. The van der Waals surface area contributed by atoms with Crippen molar-refractivity contribution < 1.29 is 19.1 Å². The number of rotatable bonds is 6. The van der Waals surface area contributed by atoms with Gasteiger partial charge in [0.2, 0.25) is 0 Å². The molecule has 0 saturated carbocycles. The Morgan fingerprint density at radius 1 is 0.758 bits per heavy atom. The van der Waals surface area contributed by atoms with Crippen molar-refractivity contribution in [3.05, 3.63) is 88.6 Å². The highest BCUT2D eigenvalue weighted by Crippen LogP contribution is 2.36. The molecule has 3 aromatic carbocycles. The number of anilines is 2. The van der Waals surface area contributed by atoms with Crippen molar-refractivity contribution in [2.75, 3.05) is 24.4 Å². The van der Waals surface area contributed by atoms with Gasteiger partial charge in [0.1, 0.15) is 17.2 Å². The maximum absolute atomic E-state index is 13.6. The Bertz CT molecular complexity index is 1280. The second kappa shape index (κ2) is 8.82. The molecule has 1 N–H and O–H groups in total. The lowest BCUT2D eigenvalue weighted by atomic mass is 10.0. The van der Waals surface area contributed by atoms with Crippen LogP contribution in [0.5, 0.6) is 11.5 Å². The van der Waals surface area contributed by atoms with E-state index < -0.39 is 5.91 Å². The number of benzene rings is 3. The Hall–Kier alpha value is -4.06. The van der Waals surface area contributed by atoms with Crippen molar-refractivity contribution in [2.24, 2.45) is 0 Å². The molecule has 0 spiro atoms. The summed E-state index contributed by atoms with van der Waals surface area (Å²) in [6, 6.07) is 18.3. The number of nitrogens with zero attached hydrogens (tertiary/aromatic N) is 1. The maximum atomic E-state index is 13.6. The van der Waals surface area contributed by atoms with Crippen molar-refractivity contribution in [3.63, 3.8) is 0 Å². The van der Waals surface area contributed by atoms with Crippen LogP contribution in [-0.4, -0.2) is 26.0 Å². The van der Waals surface area contributed by atoms with Gasteiger partial charge < -0.3 is 14.8 Å². The molecule has 0 unspecified atom stereocenters. The fourth-order valence-corrected chi connectivity index (χ4v) is 3.82. The highest BCUT2D eigenvalue weighted by molar-refractivity contribution is 6.46. The van der Waals surface area contributed by atoms with Crippen LogP contribution in [0.25, 0.3) is 5.57 Å². The highest BCUT2D eigenvalue weighted by atomic mass is 16.5. The number of methoxy groups -OCH3 is 2. The smallest absolute Gasteiger partial charge is 0.282 e. The molecule has 0 fully saturated rings. The number of imide groups is 1. The van der Waals surface area contributed by atoms with Crippen LogP contribution >= 0.6 is 0 Å². The molecule has 33 heavy (non-hydrogen) atoms. The molecule has 4 rings (SSSR count). The number of ether oxygens (including phenoxy) is 2. The van der Waals surface area contributed by atoms with Crippen LogP contribution in [0.3, 0.4) is 0 Å². The van der Waals surface area contributed by atoms with Gasteiger partial charge in [-0.15, -0.1) is 0 Å². The Kier molecular flexibility index (Phi) is 5.92. The number of hydrogen-bond acceptors (Lipinski definition) is 5. The van der Waals surface area contributed by atoms with Crippen LogP contribution in [-0.2, 0) is 9.59 Å². The number of carbonyl (C=O) groups is 2. The average molecular weight is 443 g/mol. The van der Waals surface area contributed by atoms with Crippen LogP contribution in [0.2, 0.25) is 0 Å². The summed E-state index contributed by atoms with van der Waals surface area (Å²) in [7, 11) is 3.15. The third-order valence-electron chi connectivity index (χ3n) is 5.83. The van der Waals surface area contributed by atoms with Crippen LogP contribution in [0.15, 0.2) is 66.4 Å². The van der Waals surface area contributed by atoms with Gasteiger partial charge in [0.15, 0.2) is 0 Å². The maximum Gasteiger partial charge on any atom is 0.282 e. The molecule has 1 aliphatic heterocycles. The zero-order valence-corrected chi connectivity index (χ0v) is 19.4. The zero-order valence-electron chi connectivity index (χ0n) is 19.4. The topological polar surface area (TPSA) is 67.9 Å². The van der Waals surface area contributed by atoms with E-state index in [4.69, 9.17) is 9.47 Å². The molecule has 2 amide bonds. The lowest BCUT2D eigenvalue weighted by Gasteiger charge is -2.17. The highest BCUT2D eigenvalue weighted by Gasteiger charge is 2.40. The predicted molar refractivity (Wildman–Crippen MR) is 130 cm³/mol. The number of carbonyl (C=O) groups excluding carboxylic acids is 2. The third kappa shape index (κ3) is 4.07. The van der Waals surface area contributed by atoms with Crippen molar-refractivity contribution >= 4 is 28.8 Å². The standard InChI is InChI=1S/C27H26N2O4/c1-16-6-13-23(33-5)22(14-16)28-25-24(19-8-11-21(32-4)12-9-19)26(30)29(27(25)31)20-10-7-17(2)18(3)15-20/h6-15,28H,1-5H3. The molecule has 168 valence electrons. The molecule has 0 bridgehead atoms. The first-order valence-electron chi connectivity index (χ1n) is 10.6. The minimum absolute atomic E-state index is 0.201. The average Bonchev–Trinajstić information content (AvgIpc) is 3.05. The fourth-order valence-electron chi connectivity index (χ4n) is 3.82. The van der Waals surface area contributed by atoms with E-state index in [1.807, 2.05) is 51.1 Å². The molecule has 3 aromatic rings. The lowest BCUT2D eigenvalue weighted by Crippen LogP contribution is -2.32. The van der Waals surface area contributed by atoms with Gasteiger partial charge >= 0.3 is 0 Å². The van der Waals surface area contributed by atoms with E-state index >= 15 is 0 Å². The van der Waals surface area contributed by atoms with Crippen LogP contribution in [0, 0.1) is 20.8 Å². The van der Waals surface area contributed by atoms with Gasteiger partial charge in [-0.05, 0) is 79.4 Å². The van der Waals surface area contributed by atoms with Gasteiger partial charge in [0.25, 0.3) is 11.8 Å². The Labute approximate surface area is 193 Å². The number of amides is 2. The Morgan fingerprint density at radius 2 is 1.48 bits per heavy atom. The lowest BCUT2D eigenvalue weighted by molar-refractivity contribution is -0.120. The summed E-state index contributed by atoms with van der Waals surface area (Å²) in [6.07, 6.45) is 0. The summed E-state index contributed by atoms with van der Waals surface area (Å²) in [4.78, 5) is 28.5. The summed E-state index contributed by atoms with van der Waals surface area (Å²) < 4.78 is 10.7. The molecule has 6 heteroatoms. The van der Waals surface area contributed by atoms with Crippen molar-refractivity contribution in [1.29, 1.82) is 0 Å². The first-order valence-corrected chi connectivity index (χ1v) is 10.6. The predicted octanol–water partition coefficient (Wildman–Crippen LogP) is 5.03. The SMILES string of the molecule is COc1ccc(C2=C(Nc3cc(C)ccc3OC)C(=O)N(c3ccc(C)c(C)c3)C2=O)cc1. The van der Waals surface area contributed by atoms with Gasteiger partial charge in [-0.25, -0.2) is 4.90 Å². The molecule has 0 aromatic heterocycles. The first-order chi connectivity index (χ1) is 15.8. The van der Waals surface area contributed by atoms with E-state index in [1.165, 1.54) is 4.90 Å². The quantitative estimate of drug-likeness (QED) is 0.543. The van der Waals surface area contributed by atoms with E-state index in [0.717, 1.165) is 16.7 Å². The summed E-state index contributed by atoms with van der Waals surface area (Å²) in [5, 5.41) is 3.20. The van der Waals surface area contributed by atoms with Crippen LogP contribution in [0.1, 0.15) is 22.3 Å². The number of aryl methyl sites for hydroxylation is 3. The second-order valence-corrected chi connectivity index (χ2v) is 8.02. The van der Waals surface area contributed by atoms with E-state index in [0.29, 0.717) is 34.0 Å². The molecular formula is C27H26N2O4. The second-order valence-electron chi connectivity index (χ2n) is 8.02.